The molecule has 1 amide bonds. The van der Waals surface area contributed by atoms with Crippen LogP contribution in [0, 0.1) is 6.92 Å². The summed E-state index contributed by atoms with van der Waals surface area (Å²) in [6.07, 6.45) is 1.73. The largest absolute Gasteiger partial charge is 0.353 e. The summed E-state index contributed by atoms with van der Waals surface area (Å²) in [4.78, 5) is 32.1. The Labute approximate surface area is 169 Å². The molecule has 2 aromatic heterocycles. The van der Waals surface area contributed by atoms with Gasteiger partial charge in [0, 0.05) is 30.9 Å². The summed E-state index contributed by atoms with van der Waals surface area (Å²) in [5.41, 5.74) is 3.52. The molecule has 1 atom stereocenters. The van der Waals surface area contributed by atoms with E-state index in [9.17, 15) is 9.59 Å². The Morgan fingerprint density at radius 3 is 2.79 bits per heavy atom. The van der Waals surface area contributed by atoms with Crippen LogP contribution >= 0.6 is 0 Å². The lowest BCUT2D eigenvalue weighted by molar-refractivity contribution is -0.122. The quantitative estimate of drug-likeness (QED) is 0.712. The van der Waals surface area contributed by atoms with E-state index < -0.39 is 0 Å². The van der Waals surface area contributed by atoms with Crippen molar-refractivity contribution in [1.29, 1.82) is 0 Å². The van der Waals surface area contributed by atoms with Crippen LogP contribution in [0.15, 0.2) is 35.1 Å². The first-order chi connectivity index (χ1) is 14.0. The van der Waals surface area contributed by atoms with Crippen LogP contribution < -0.4 is 15.9 Å². The third-order valence-corrected chi connectivity index (χ3v) is 5.41. The van der Waals surface area contributed by atoms with Crippen molar-refractivity contribution in [1.82, 2.24) is 24.5 Å². The highest BCUT2D eigenvalue weighted by atomic mass is 16.2. The first kappa shape index (κ1) is 19.2. The Morgan fingerprint density at radius 1 is 1.28 bits per heavy atom. The van der Waals surface area contributed by atoms with E-state index in [1.807, 2.05) is 26.8 Å². The Kier molecular flexibility index (Phi) is 5.08. The third-order valence-electron chi connectivity index (χ3n) is 5.41. The van der Waals surface area contributed by atoms with Crippen LogP contribution in [-0.2, 0) is 24.3 Å². The molecule has 0 bridgehead atoms. The standard InChI is InChI=1S/C21H26N6O2/c1-4-14(2)22-19(28)13-26-21(29)27-18(24-26)11-15(3)23-20(27)25-10-9-16-7-5-6-8-17(16)12-25/h5-8,11,14H,4,9-10,12-13H2,1-3H3,(H,22,28). The maximum absolute atomic E-state index is 13.1. The van der Waals surface area contributed by atoms with Gasteiger partial charge in [-0.1, -0.05) is 31.2 Å². The van der Waals surface area contributed by atoms with Crippen molar-refractivity contribution in [2.45, 2.75) is 52.7 Å². The Hall–Kier alpha value is -3.16. The second kappa shape index (κ2) is 7.69. The predicted molar refractivity (Wildman–Crippen MR) is 111 cm³/mol. The average molecular weight is 394 g/mol. The van der Waals surface area contributed by atoms with Crippen molar-refractivity contribution in [2.75, 3.05) is 11.4 Å². The molecule has 152 valence electrons. The van der Waals surface area contributed by atoms with Crippen molar-refractivity contribution < 1.29 is 4.79 Å². The number of hydrogen-bond acceptors (Lipinski definition) is 5. The lowest BCUT2D eigenvalue weighted by Crippen LogP contribution is -2.38. The van der Waals surface area contributed by atoms with E-state index in [0.717, 1.165) is 25.1 Å². The van der Waals surface area contributed by atoms with Crippen molar-refractivity contribution in [3.05, 3.63) is 57.6 Å². The second-order valence-corrected chi connectivity index (χ2v) is 7.65. The minimum Gasteiger partial charge on any atom is -0.352 e. The van der Waals surface area contributed by atoms with Crippen molar-refractivity contribution in [3.8, 4) is 0 Å². The number of nitrogens with one attached hydrogen (secondary N) is 1. The number of rotatable bonds is 5. The lowest BCUT2D eigenvalue weighted by Gasteiger charge is -2.29. The number of carbonyl (C=O) groups is 1. The van der Waals surface area contributed by atoms with Crippen LogP contribution in [0.25, 0.3) is 5.65 Å². The molecule has 1 aromatic carbocycles. The minimum absolute atomic E-state index is 0.0584. The molecule has 8 nitrogen and oxygen atoms in total. The fourth-order valence-electron chi connectivity index (χ4n) is 3.67. The summed E-state index contributed by atoms with van der Waals surface area (Å²) in [5, 5.41) is 7.26. The van der Waals surface area contributed by atoms with Crippen LogP contribution in [0.4, 0.5) is 5.95 Å². The van der Waals surface area contributed by atoms with Gasteiger partial charge in [0.25, 0.3) is 0 Å². The Morgan fingerprint density at radius 2 is 2.03 bits per heavy atom. The Bertz CT molecular complexity index is 1120. The first-order valence-electron chi connectivity index (χ1n) is 10.0. The molecule has 0 fully saturated rings. The number of fused-ring (bicyclic) bond motifs is 2. The monoisotopic (exact) mass is 394 g/mol. The second-order valence-electron chi connectivity index (χ2n) is 7.65. The number of aryl methyl sites for hydroxylation is 1. The summed E-state index contributed by atoms with van der Waals surface area (Å²) >= 11 is 0. The predicted octanol–water partition coefficient (Wildman–Crippen LogP) is 1.68. The molecule has 3 aromatic rings. The highest BCUT2D eigenvalue weighted by Gasteiger charge is 2.22. The van der Waals surface area contributed by atoms with Crippen molar-refractivity contribution in [3.63, 3.8) is 0 Å². The summed E-state index contributed by atoms with van der Waals surface area (Å²) in [7, 11) is 0. The van der Waals surface area contributed by atoms with Crippen LogP contribution in [0.2, 0.25) is 0 Å². The molecule has 1 aliphatic heterocycles. The topological polar surface area (TPSA) is 84.5 Å². The summed E-state index contributed by atoms with van der Waals surface area (Å²) in [5.74, 6) is 0.357. The maximum atomic E-state index is 13.1. The van der Waals surface area contributed by atoms with Gasteiger partial charge in [0.05, 0.1) is 0 Å². The number of nitrogens with zero attached hydrogens (tertiary/aromatic N) is 5. The molecule has 1 aliphatic rings. The average Bonchev–Trinajstić information content (AvgIpc) is 3.01. The molecule has 0 saturated heterocycles. The Balaban J connectivity index is 1.70. The SMILES string of the molecule is CCC(C)NC(=O)Cn1nc2cc(C)nc(N3CCc4ccccc4C3)n2c1=O. The smallest absolute Gasteiger partial charge is 0.352 e. The zero-order valence-corrected chi connectivity index (χ0v) is 17.1. The zero-order chi connectivity index (χ0) is 20.5. The minimum atomic E-state index is -0.347. The number of amides is 1. The molecule has 1 N–H and O–H groups in total. The van der Waals surface area contributed by atoms with Gasteiger partial charge in [-0.25, -0.2) is 18.9 Å². The summed E-state index contributed by atoms with van der Waals surface area (Å²) in [6, 6.07) is 10.2. The number of anilines is 1. The molecule has 0 saturated carbocycles. The number of benzene rings is 1. The van der Waals surface area contributed by atoms with E-state index in [-0.39, 0.29) is 24.2 Å². The van der Waals surface area contributed by atoms with E-state index in [2.05, 4.69) is 38.5 Å². The van der Waals surface area contributed by atoms with Crippen LogP contribution in [0.1, 0.15) is 37.1 Å². The van der Waals surface area contributed by atoms with Crippen LogP contribution in [-0.4, -0.2) is 37.7 Å². The van der Waals surface area contributed by atoms with Crippen molar-refractivity contribution >= 4 is 17.5 Å². The molecule has 1 unspecified atom stereocenters. The van der Waals surface area contributed by atoms with E-state index in [1.54, 1.807) is 6.07 Å². The molecule has 0 aliphatic carbocycles. The fourth-order valence-corrected chi connectivity index (χ4v) is 3.67. The van der Waals surface area contributed by atoms with E-state index >= 15 is 0 Å². The lowest BCUT2D eigenvalue weighted by atomic mass is 10.0. The fraction of sp³-hybridized carbons (Fsp3) is 0.429. The summed E-state index contributed by atoms with van der Waals surface area (Å²) < 4.78 is 2.73. The van der Waals surface area contributed by atoms with E-state index in [4.69, 9.17) is 0 Å². The van der Waals surface area contributed by atoms with E-state index in [1.165, 1.54) is 20.2 Å². The van der Waals surface area contributed by atoms with E-state index in [0.29, 0.717) is 18.1 Å². The normalized spacial score (nSPS) is 14.7. The van der Waals surface area contributed by atoms with Gasteiger partial charge < -0.3 is 10.2 Å². The van der Waals surface area contributed by atoms with Gasteiger partial charge in [-0.05, 0) is 37.8 Å². The third kappa shape index (κ3) is 3.74. The number of carbonyl (C=O) groups excluding carboxylic acids is 1. The van der Waals surface area contributed by atoms with Gasteiger partial charge in [-0.2, -0.15) is 0 Å². The highest BCUT2D eigenvalue weighted by molar-refractivity contribution is 5.76. The molecular weight excluding hydrogens is 368 g/mol. The van der Waals surface area contributed by atoms with Gasteiger partial charge in [0.1, 0.15) is 6.54 Å². The first-order valence-corrected chi connectivity index (χ1v) is 10.0. The summed E-state index contributed by atoms with van der Waals surface area (Å²) in [6.45, 7) is 7.18. The molecule has 0 radical (unpaired) electrons. The maximum Gasteiger partial charge on any atom is 0.353 e. The van der Waals surface area contributed by atoms with Gasteiger partial charge in [0.2, 0.25) is 11.9 Å². The number of hydrogen-bond donors (Lipinski definition) is 1. The van der Waals surface area contributed by atoms with Crippen LogP contribution in [0.3, 0.4) is 0 Å². The molecule has 3 heterocycles. The van der Waals surface area contributed by atoms with Gasteiger partial charge in [0.15, 0.2) is 5.65 Å². The number of aromatic nitrogens is 4. The molecule has 29 heavy (non-hydrogen) atoms. The van der Waals surface area contributed by atoms with Gasteiger partial charge in [-0.15, -0.1) is 5.10 Å². The molecule has 8 heteroatoms. The zero-order valence-electron chi connectivity index (χ0n) is 17.1. The molecule has 4 rings (SSSR count). The van der Waals surface area contributed by atoms with Gasteiger partial charge in [-0.3, -0.25) is 4.79 Å². The van der Waals surface area contributed by atoms with Crippen LogP contribution in [0.5, 0.6) is 0 Å². The molecular formula is C21H26N6O2. The highest BCUT2D eigenvalue weighted by Crippen LogP contribution is 2.23. The molecule has 0 spiro atoms. The van der Waals surface area contributed by atoms with Crippen molar-refractivity contribution in [2.24, 2.45) is 0 Å². The van der Waals surface area contributed by atoms with Gasteiger partial charge >= 0.3 is 5.69 Å².